The molecule has 10 heteroatoms. The maximum Gasteiger partial charge on any atom is 0.263 e. The summed E-state index contributed by atoms with van der Waals surface area (Å²) in [5, 5.41) is 4.58. The fourth-order valence-corrected chi connectivity index (χ4v) is 4.62. The smallest absolute Gasteiger partial charge is 0.263 e. The molecule has 2 amide bonds. The van der Waals surface area contributed by atoms with E-state index in [1.54, 1.807) is 35.7 Å². The fourth-order valence-electron chi connectivity index (χ4n) is 2.62. The van der Waals surface area contributed by atoms with E-state index in [1.807, 2.05) is 6.92 Å². The van der Waals surface area contributed by atoms with Gasteiger partial charge < -0.3 is 11.1 Å². The zero-order valence-electron chi connectivity index (χ0n) is 16.1. The van der Waals surface area contributed by atoms with E-state index in [4.69, 9.17) is 5.73 Å². The number of nitrogens with zero attached hydrogens (tertiary/aromatic N) is 1. The molecular weight excluding hydrogens is 424 g/mol. The minimum Gasteiger partial charge on any atom is -0.366 e. The van der Waals surface area contributed by atoms with Crippen LogP contribution in [0.15, 0.2) is 58.8 Å². The number of benzene rings is 2. The summed E-state index contributed by atoms with van der Waals surface area (Å²) in [7, 11) is -3.73. The highest BCUT2D eigenvalue weighted by molar-refractivity contribution is 7.93. The van der Waals surface area contributed by atoms with E-state index < -0.39 is 15.9 Å². The highest BCUT2D eigenvalue weighted by atomic mass is 32.2. The van der Waals surface area contributed by atoms with Crippen molar-refractivity contribution in [2.45, 2.75) is 24.7 Å². The zero-order valence-corrected chi connectivity index (χ0v) is 17.7. The van der Waals surface area contributed by atoms with Gasteiger partial charge in [0.05, 0.1) is 21.8 Å². The Morgan fingerprint density at radius 3 is 2.50 bits per heavy atom. The number of thiazole rings is 1. The second-order valence-electron chi connectivity index (χ2n) is 6.52. The molecule has 4 N–H and O–H groups in total. The van der Waals surface area contributed by atoms with Crippen LogP contribution in [0.4, 0.5) is 10.8 Å². The molecule has 0 radical (unpaired) electrons. The largest absolute Gasteiger partial charge is 0.366 e. The Labute approximate surface area is 178 Å². The summed E-state index contributed by atoms with van der Waals surface area (Å²) in [5.41, 5.74) is 7.42. The van der Waals surface area contributed by atoms with Crippen LogP contribution in [-0.2, 0) is 21.2 Å². The molecule has 30 heavy (non-hydrogen) atoms. The van der Waals surface area contributed by atoms with Crippen molar-refractivity contribution in [2.75, 3.05) is 10.0 Å². The SMILES string of the molecule is Cc1ccc(S(=O)(=O)Nc2nc(CCC(=O)Nc3ccccc3C(N)=O)cs2)cc1. The maximum absolute atomic E-state index is 12.4. The highest BCUT2D eigenvalue weighted by Crippen LogP contribution is 2.21. The summed E-state index contributed by atoms with van der Waals surface area (Å²) in [5.74, 6) is -0.936. The number of aryl methyl sites for hydroxylation is 2. The monoisotopic (exact) mass is 444 g/mol. The molecule has 0 bridgehead atoms. The number of primary amides is 1. The molecule has 0 aliphatic heterocycles. The van der Waals surface area contributed by atoms with Crippen LogP contribution in [0.1, 0.15) is 28.0 Å². The summed E-state index contributed by atoms with van der Waals surface area (Å²) in [6.07, 6.45) is 0.425. The third-order valence-electron chi connectivity index (χ3n) is 4.18. The van der Waals surface area contributed by atoms with Gasteiger partial charge >= 0.3 is 0 Å². The van der Waals surface area contributed by atoms with Gasteiger partial charge in [-0.1, -0.05) is 29.8 Å². The zero-order chi connectivity index (χ0) is 21.7. The van der Waals surface area contributed by atoms with Crippen molar-refractivity contribution < 1.29 is 18.0 Å². The molecule has 2 aromatic carbocycles. The highest BCUT2D eigenvalue weighted by Gasteiger charge is 2.16. The third-order valence-corrected chi connectivity index (χ3v) is 6.47. The quantitative estimate of drug-likeness (QED) is 0.492. The van der Waals surface area contributed by atoms with Gasteiger partial charge in [-0.25, -0.2) is 13.4 Å². The second kappa shape index (κ2) is 9.06. The number of nitrogens with one attached hydrogen (secondary N) is 2. The van der Waals surface area contributed by atoms with E-state index in [-0.39, 0.29) is 27.9 Å². The van der Waals surface area contributed by atoms with Crippen LogP contribution >= 0.6 is 11.3 Å². The Bertz CT molecular complexity index is 1170. The first kappa shape index (κ1) is 21.5. The molecule has 0 aliphatic carbocycles. The average molecular weight is 445 g/mol. The summed E-state index contributed by atoms with van der Waals surface area (Å²) in [6, 6.07) is 13.0. The molecule has 0 saturated heterocycles. The van der Waals surface area contributed by atoms with Crippen LogP contribution in [0.3, 0.4) is 0 Å². The predicted octanol–water partition coefficient (Wildman–Crippen LogP) is 2.92. The van der Waals surface area contributed by atoms with Gasteiger partial charge in [-0.15, -0.1) is 11.3 Å². The summed E-state index contributed by atoms with van der Waals surface area (Å²) in [4.78, 5) is 28.0. The van der Waals surface area contributed by atoms with Gasteiger partial charge in [-0.05, 0) is 37.6 Å². The van der Waals surface area contributed by atoms with E-state index in [2.05, 4.69) is 15.0 Å². The van der Waals surface area contributed by atoms with Gasteiger partial charge in [0.2, 0.25) is 5.91 Å². The average Bonchev–Trinajstić information content (AvgIpc) is 3.13. The minimum atomic E-state index is -3.73. The number of sulfonamides is 1. The molecule has 1 heterocycles. The molecule has 0 fully saturated rings. The Balaban J connectivity index is 1.59. The number of anilines is 2. The molecule has 0 unspecified atom stereocenters. The second-order valence-corrected chi connectivity index (χ2v) is 9.06. The molecule has 1 aromatic heterocycles. The first-order valence-electron chi connectivity index (χ1n) is 8.97. The molecule has 156 valence electrons. The van der Waals surface area contributed by atoms with Gasteiger partial charge in [0.15, 0.2) is 5.13 Å². The lowest BCUT2D eigenvalue weighted by atomic mass is 10.1. The van der Waals surface area contributed by atoms with E-state index in [0.29, 0.717) is 17.8 Å². The van der Waals surface area contributed by atoms with Crippen molar-refractivity contribution in [2.24, 2.45) is 5.73 Å². The number of nitrogens with two attached hydrogens (primary N) is 1. The molecular formula is C20H20N4O4S2. The predicted molar refractivity (Wildman–Crippen MR) is 116 cm³/mol. The van der Waals surface area contributed by atoms with Crippen LogP contribution in [-0.4, -0.2) is 25.2 Å². The summed E-state index contributed by atoms with van der Waals surface area (Å²) < 4.78 is 27.3. The molecule has 0 aliphatic rings. The number of aromatic nitrogens is 1. The van der Waals surface area contributed by atoms with Gasteiger partial charge in [0.1, 0.15) is 0 Å². The maximum atomic E-state index is 12.4. The number of carbonyl (C=O) groups excluding carboxylic acids is 2. The van der Waals surface area contributed by atoms with Crippen LogP contribution < -0.4 is 15.8 Å². The summed E-state index contributed by atoms with van der Waals surface area (Å²) in [6.45, 7) is 1.87. The standard InChI is InChI=1S/C20H20N4O4S2/c1-13-6-9-15(10-7-13)30(27,28)24-20-22-14(12-29-20)8-11-18(25)23-17-5-3-2-4-16(17)19(21)26/h2-7,9-10,12H,8,11H2,1H3,(H2,21,26)(H,22,24)(H,23,25). The van der Waals surface area contributed by atoms with E-state index >= 15 is 0 Å². The Morgan fingerprint density at radius 1 is 1.10 bits per heavy atom. The van der Waals surface area contributed by atoms with Gasteiger partial charge in [0.25, 0.3) is 15.9 Å². The minimum absolute atomic E-state index is 0.112. The van der Waals surface area contributed by atoms with Crippen molar-refractivity contribution in [1.29, 1.82) is 0 Å². The van der Waals surface area contributed by atoms with E-state index in [9.17, 15) is 18.0 Å². The first-order chi connectivity index (χ1) is 14.2. The third kappa shape index (κ3) is 5.43. The molecule has 0 spiro atoms. The van der Waals surface area contributed by atoms with Gasteiger partial charge in [-0.2, -0.15) is 0 Å². The van der Waals surface area contributed by atoms with E-state index in [0.717, 1.165) is 16.9 Å². The fraction of sp³-hybridized carbons (Fsp3) is 0.150. The molecule has 8 nitrogen and oxygen atoms in total. The first-order valence-corrected chi connectivity index (χ1v) is 11.3. The van der Waals surface area contributed by atoms with Crippen molar-refractivity contribution >= 4 is 44.0 Å². The molecule has 3 aromatic rings. The number of hydrogen-bond donors (Lipinski definition) is 3. The lowest BCUT2D eigenvalue weighted by Crippen LogP contribution is -2.18. The number of para-hydroxylation sites is 1. The van der Waals surface area contributed by atoms with Crippen molar-refractivity contribution in [1.82, 2.24) is 4.98 Å². The number of rotatable bonds is 8. The number of amides is 2. The molecule has 3 rings (SSSR count). The molecule has 0 atom stereocenters. The summed E-state index contributed by atoms with van der Waals surface area (Å²) >= 11 is 1.14. The normalized spacial score (nSPS) is 11.1. The Hall–Kier alpha value is -3.24. The topological polar surface area (TPSA) is 131 Å². The number of carbonyl (C=O) groups is 2. The van der Waals surface area contributed by atoms with Gasteiger partial charge in [0, 0.05) is 11.8 Å². The van der Waals surface area contributed by atoms with Crippen molar-refractivity contribution in [3.63, 3.8) is 0 Å². The van der Waals surface area contributed by atoms with Crippen LogP contribution in [0, 0.1) is 6.92 Å². The van der Waals surface area contributed by atoms with Crippen LogP contribution in [0.2, 0.25) is 0 Å². The van der Waals surface area contributed by atoms with Crippen LogP contribution in [0.5, 0.6) is 0 Å². The molecule has 0 saturated carbocycles. The van der Waals surface area contributed by atoms with Crippen molar-refractivity contribution in [3.05, 3.63) is 70.7 Å². The Morgan fingerprint density at radius 2 is 1.80 bits per heavy atom. The van der Waals surface area contributed by atoms with Gasteiger partial charge in [-0.3, -0.25) is 14.3 Å². The van der Waals surface area contributed by atoms with E-state index in [1.165, 1.54) is 18.2 Å². The lowest BCUT2D eigenvalue weighted by molar-refractivity contribution is -0.116. The lowest BCUT2D eigenvalue weighted by Gasteiger charge is -2.08. The number of hydrogen-bond acceptors (Lipinski definition) is 6. The van der Waals surface area contributed by atoms with Crippen LogP contribution in [0.25, 0.3) is 0 Å². The van der Waals surface area contributed by atoms with Crippen molar-refractivity contribution in [3.8, 4) is 0 Å². The Kier molecular flexibility index (Phi) is 6.48.